The van der Waals surface area contributed by atoms with E-state index in [0.717, 1.165) is 16.7 Å². The Hall–Kier alpha value is -3.85. The summed E-state index contributed by atoms with van der Waals surface area (Å²) in [4.78, 5) is 38.9. The second kappa shape index (κ2) is 7.05. The van der Waals surface area contributed by atoms with E-state index in [2.05, 4.69) is 10.3 Å². The van der Waals surface area contributed by atoms with Gasteiger partial charge in [-0.05, 0) is 24.3 Å². The number of carbonyl (C=O) groups is 1. The zero-order chi connectivity index (χ0) is 19.7. The number of aromatic nitrogens is 1. The summed E-state index contributed by atoms with van der Waals surface area (Å²) in [7, 11) is 0. The average Bonchev–Trinajstić information content (AvgIpc) is 3.15. The first-order chi connectivity index (χ1) is 13.5. The highest BCUT2D eigenvalue weighted by atomic mass is 32.1. The van der Waals surface area contributed by atoms with Crippen LogP contribution in [-0.4, -0.2) is 15.8 Å². The number of hydrogen-bond donors (Lipinski definition) is 1. The molecule has 8 nitrogen and oxygen atoms in total. The molecule has 0 fully saturated rings. The minimum absolute atomic E-state index is 0.101. The van der Waals surface area contributed by atoms with Crippen molar-refractivity contribution in [1.82, 2.24) is 4.98 Å². The molecule has 4 rings (SSSR count). The number of hydrogen-bond acceptors (Lipinski definition) is 7. The van der Waals surface area contributed by atoms with Crippen molar-refractivity contribution in [2.24, 2.45) is 0 Å². The molecule has 1 amide bonds. The zero-order valence-electron chi connectivity index (χ0n) is 14.1. The van der Waals surface area contributed by atoms with Gasteiger partial charge in [0.15, 0.2) is 5.13 Å². The van der Waals surface area contributed by atoms with E-state index in [9.17, 15) is 19.7 Å². The summed E-state index contributed by atoms with van der Waals surface area (Å²) in [6, 6.07) is 14.1. The second-order valence-corrected chi connectivity index (χ2v) is 6.64. The number of non-ortho nitro benzene ring substituents is 1. The molecule has 2 aromatic heterocycles. The molecule has 4 aromatic rings. The molecule has 2 heterocycles. The number of rotatable bonds is 4. The van der Waals surface area contributed by atoms with Crippen molar-refractivity contribution >= 4 is 39.0 Å². The predicted octanol–water partition coefficient (Wildman–Crippen LogP) is 4.08. The first-order valence-corrected chi connectivity index (χ1v) is 8.94. The van der Waals surface area contributed by atoms with Gasteiger partial charge in [0.05, 0.1) is 16.2 Å². The minimum Gasteiger partial charge on any atom is -0.422 e. The van der Waals surface area contributed by atoms with Crippen LogP contribution < -0.4 is 10.9 Å². The summed E-state index contributed by atoms with van der Waals surface area (Å²) >= 11 is 1.16. The maximum Gasteiger partial charge on any atom is 0.345 e. The van der Waals surface area contributed by atoms with Crippen LogP contribution in [0.3, 0.4) is 0 Å². The molecule has 0 radical (unpaired) electrons. The van der Waals surface area contributed by atoms with Gasteiger partial charge in [-0.25, -0.2) is 9.78 Å². The van der Waals surface area contributed by atoms with Gasteiger partial charge >= 0.3 is 5.63 Å². The summed E-state index contributed by atoms with van der Waals surface area (Å²) in [5, 5.41) is 16.0. The van der Waals surface area contributed by atoms with E-state index in [4.69, 9.17) is 4.42 Å². The van der Waals surface area contributed by atoms with E-state index in [0.29, 0.717) is 22.0 Å². The Balaban J connectivity index is 1.58. The summed E-state index contributed by atoms with van der Waals surface area (Å²) in [5.41, 5.74) is 0.813. The van der Waals surface area contributed by atoms with Gasteiger partial charge < -0.3 is 4.42 Å². The highest BCUT2D eigenvalue weighted by Gasteiger charge is 2.14. The number of thiazole rings is 1. The lowest BCUT2D eigenvalue weighted by molar-refractivity contribution is -0.384. The number of nitrogens with one attached hydrogen (secondary N) is 1. The number of fused-ring (bicyclic) bond motifs is 1. The van der Waals surface area contributed by atoms with Gasteiger partial charge in [0.1, 0.15) is 5.58 Å². The molecule has 2 aromatic carbocycles. The summed E-state index contributed by atoms with van der Waals surface area (Å²) in [5.74, 6) is -0.457. The molecule has 0 atom stereocenters. The van der Waals surface area contributed by atoms with Crippen LogP contribution in [0.5, 0.6) is 0 Å². The SMILES string of the molecule is O=C(Nc1nc(-c2cc3ccccc3oc2=O)cs1)c1ccc([N+](=O)[O-])cc1. The third-order valence-corrected chi connectivity index (χ3v) is 4.74. The number of nitro groups is 1. The maximum absolute atomic E-state index is 12.3. The van der Waals surface area contributed by atoms with E-state index >= 15 is 0 Å². The summed E-state index contributed by atoms with van der Waals surface area (Å²) in [6.45, 7) is 0. The van der Waals surface area contributed by atoms with Gasteiger partial charge in [-0.2, -0.15) is 0 Å². The van der Waals surface area contributed by atoms with Gasteiger partial charge in [0.25, 0.3) is 11.6 Å². The van der Waals surface area contributed by atoms with Crippen molar-refractivity contribution in [3.05, 3.63) is 86.1 Å². The predicted molar refractivity (Wildman–Crippen MR) is 105 cm³/mol. The van der Waals surface area contributed by atoms with Crippen LogP contribution in [0.15, 0.2) is 69.2 Å². The molecule has 0 saturated heterocycles. The van der Waals surface area contributed by atoms with Crippen molar-refractivity contribution < 1.29 is 14.1 Å². The van der Waals surface area contributed by atoms with E-state index < -0.39 is 16.5 Å². The summed E-state index contributed by atoms with van der Waals surface area (Å²) in [6.07, 6.45) is 0. The highest BCUT2D eigenvalue weighted by Crippen LogP contribution is 2.25. The fourth-order valence-corrected chi connectivity index (χ4v) is 3.30. The molecule has 0 aliphatic carbocycles. The highest BCUT2D eigenvalue weighted by molar-refractivity contribution is 7.14. The Kier molecular flexibility index (Phi) is 4.42. The van der Waals surface area contributed by atoms with Crippen molar-refractivity contribution in [1.29, 1.82) is 0 Å². The second-order valence-electron chi connectivity index (χ2n) is 5.78. The van der Waals surface area contributed by atoms with E-state index in [-0.39, 0.29) is 11.3 Å². The fraction of sp³-hybridized carbons (Fsp3) is 0. The van der Waals surface area contributed by atoms with Crippen molar-refractivity contribution in [2.75, 3.05) is 5.32 Å². The van der Waals surface area contributed by atoms with Crippen LogP contribution in [0.4, 0.5) is 10.8 Å². The molecule has 0 aliphatic heterocycles. The Morgan fingerprint density at radius 3 is 2.64 bits per heavy atom. The first kappa shape index (κ1) is 17.6. The molecular formula is C19H11N3O5S. The molecule has 0 aliphatic rings. The fourth-order valence-electron chi connectivity index (χ4n) is 2.60. The minimum atomic E-state index is -0.538. The lowest BCUT2D eigenvalue weighted by Gasteiger charge is -2.01. The van der Waals surface area contributed by atoms with Crippen LogP contribution in [0.1, 0.15) is 10.4 Å². The number of anilines is 1. The summed E-state index contributed by atoms with van der Waals surface area (Å²) < 4.78 is 5.30. The average molecular weight is 393 g/mol. The number of nitro benzene ring substituents is 1. The molecule has 0 saturated carbocycles. The lowest BCUT2D eigenvalue weighted by atomic mass is 10.1. The zero-order valence-corrected chi connectivity index (χ0v) is 14.9. The van der Waals surface area contributed by atoms with Crippen LogP contribution in [0.25, 0.3) is 22.2 Å². The number of amides is 1. The van der Waals surface area contributed by atoms with Crippen molar-refractivity contribution in [2.45, 2.75) is 0 Å². The van der Waals surface area contributed by atoms with Crippen LogP contribution in [0, 0.1) is 10.1 Å². The van der Waals surface area contributed by atoms with Gasteiger partial charge in [-0.1, -0.05) is 18.2 Å². The Labute approximate surface area is 161 Å². The van der Waals surface area contributed by atoms with Crippen LogP contribution in [0.2, 0.25) is 0 Å². The van der Waals surface area contributed by atoms with E-state index in [1.807, 2.05) is 12.1 Å². The van der Waals surface area contributed by atoms with E-state index in [1.54, 1.807) is 23.6 Å². The van der Waals surface area contributed by atoms with Crippen LogP contribution in [-0.2, 0) is 0 Å². The van der Waals surface area contributed by atoms with Gasteiger partial charge in [0, 0.05) is 28.5 Å². The molecule has 0 bridgehead atoms. The molecule has 0 spiro atoms. The van der Waals surface area contributed by atoms with E-state index in [1.165, 1.54) is 24.3 Å². The molecular weight excluding hydrogens is 382 g/mol. The van der Waals surface area contributed by atoms with Gasteiger partial charge in [-0.15, -0.1) is 11.3 Å². The maximum atomic E-state index is 12.3. The third-order valence-electron chi connectivity index (χ3n) is 3.98. The normalized spacial score (nSPS) is 10.7. The molecule has 138 valence electrons. The molecule has 0 unspecified atom stereocenters. The molecule has 1 N–H and O–H groups in total. The monoisotopic (exact) mass is 393 g/mol. The van der Waals surface area contributed by atoms with Crippen LogP contribution >= 0.6 is 11.3 Å². The topological polar surface area (TPSA) is 115 Å². The lowest BCUT2D eigenvalue weighted by Crippen LogP contribution is -2.11. The van der Waals surface area contributed by atoms with Crippen molar-refractivity contribution in [3.8, 4) is 11.3 Å². The first-order valence-electron chi connectivity index (χ1n) is 8.06. The van der Waals surface area contributed by atoms with Gasteiger partial charge in [-0.3, -0.25) is 20.2 Å². The Bertz CT molecular complexity index is 1260. The number of para-hydroxylation sites is 1. The quantitative estimate of drug-likeness (QED) is 0.317. The van der Waals surface area contributed by atoms with Gasteiger partial charge in [0.2, 0.25) is 0 Å². The third kappa shape index (κ3) is 3.38. The van der Waals surface area contributed by atoms with Crippen molar-refractivity contribution in [3.63, 3.8) is 0 Å². The Morgan fingerprint density at radius 1 is 1.14 bits per heavy atom. The molecule has 9 heteroatoms. The molecule has 28 heavy (non-hydrogen) atoms. The smallest absolute Gasteiger partial charge is 0.345 e. The number of carbonyl (C=O) groups excluding carboxylic acids is 1. The standard InChI is InChI=1S/C19H11N3O5S/c23-17(11-5-7-13(8-6-11)22(25)26)21-19-20-15(10-28-19)14-9-12-3-1-2-4-16(12)27-18(14)24/h1-10H,(H,20,21,23). The largest absolute Gasteiger partial charge is 0.422 e. The number of nitrogens with zero attached hydrogens (tertiary/aromatic N) is 2. The Morgan fingerprint density at radius 2 is 1.89 bits per heavy atom. The number of benzene rings is 2.